The first-order valence-electron chi connectivity index (χ1n) is 8.76. The minimum Gasteiger partial charge on any atom is -0.453 e. The van der Waals surface area contributed by atoms with Gasteiger partial charge in [0, 0.05) is 15.6 Å². The molecular weight excluding hydrogens is 411 g/mol. The van der Waals surface area contributed by atoms with E-state index in [0.717, 1.165) is 22.5 Å². The zero-order chi connectivity index (χ0) is 20.4. The van der Waals surface area contributed by atoms with Crippen molar-refractivity contribution in [3.8, 4) is 11.1 Å². The number of fused-ring (bicyclic) bond motifs is 1. The van der Waals surface area contributed by atoms with E-state index < -0.39 is 18.4 Å². The van der Waals surface area contributed by atoms with E-state index in [1.807, 2.05) is 42.5 Å². The van der Waals surface area contributed by atoms with Crippen molar-refractivity contribution in [1.29, 1.82) is 0 Å². The van der Waals surface area contributed by atoms with E-state index in [9.17, 15) is 14.0 Å². The fourth-order valence-corrected chi connectivity index (χ4v) is 4.36. The van der Waals surface area contributed by atoms with Gasteiger partial charge in [-0.05, 0) is 29.3 Å². The summed E-state index contributed by atoms with van der Waals surface area (Å²) in [6.07, 6.45) is 0. The van der Waals surface area contributed by atoms with Crippen molar-refractivity contribution in [2.24, 2.45) is 0 Å². The highest BCUT2D eigenvalue weighted by atomic mass is 35.5. The lowest BCUT2D eigenvalue weighted by Crippen LogP contribution is -2.13. The Kier molecular flexibility index (Phi) is 5.43. The third-order valence-corrected chi connectivity index (χ3v) is 6.06. The SMILES string of the molecule is O=C(COC(=O)c1sc2cc(F)ccc2c1Cl)c1ccc(-c2ccccc2)cc1. The maximum atomic E-state index is 13.4. The number of esters is 1. The lowest BCUT2D eigenvalue weighted by atomic mass is 10.0. The van der Waals surface area contributed by atoms with Crippen molar-refractivity contribution < 1.29 is 18.7 Å². The van der Waals surface area contributed by atoms with Crippen molar-refractivity contribution in [3.63, 3.8) is 0 Å². The van der Waals surface area contributed by atoms with Gasteiger partial charge in [0.15, 0.2) is 12.4 Å². The molecule has 0 N–H and O–H groups in total. The summed E-state index contributed by atoms with van der Waals surface area (Å²) >= 11 is 7.25. The molecule has 0 aliphatic carbocycles. The Balaban J connectivity index is 1.44. The van der Waals surface area contributed by atoms with Crippen LogP contribution in [0.1, 0.15) is 20.0 Å². The number of rotatable bonds is 5. The van der Waals surface area contributed by atoms with Crippen molar-refractivity contribution in [2.45, 2.75) is 0 Å². The molecular formula is C23H14ClFO3S. The number of Topliss-reactive ketones (excluding diaryl/α,β-unsaturated/α-hetero) is 1. The van der Waals surface area contributed by atoms with Gasteiger partial charge >= 0.3 is 5.97 Å². The summed E-state index contributed by atoms with van der Waals surface area (Å²) in [4.78, 5) is 24.9. The van der Waals surface area contributed by atoms with Crippen molar-refractivity contribution in [3.05, 3.63) is 94.1 Å². The summed E-state index contributed by atoms with van der Waals surface area (Å²) < 4.78 is 19.0. The molecule has 144 valence electrons. The van der Waals surface area contributed by atoms with Gasteiger partial charge in [0.2, 0.25) is 0 Å². The summed E-state index contributed by atoms with van der Waals surface area (Å²) in [5.74, 6) is -1.43. The average Bonchev–Trinajstić information content (AvgIpc) is 3.08. The zero-order valence-electron chi connectivity index (χ0n) is 15.0. The maximum absolute atomic E-state index is 13.4. The first-order chi connectivity index (χ1) is 14.0. The molecule has 0 saturated heterocycles. The molecule has 0 radical (unpaired) electrons. The minimum absolute atomic E-state index is 0.152. The number of ether oxygens (including phenoxy) is 1. The number of thiophene rings is 1. The van der Waals surface area contributed by atoms with Gasteiger partial charge < -0.3 is 4.74 Å². The summed E-state index contributed by atoms with van der Waals surface area (Å²) in [7, 11) is 0. The van der Waals surface area contributed by atoms with Gasteiger partial charge in [-0.25, -0.2) is 9.18 Å². The average molecular weight is 425 g/mol. The number of carbonyl (C=O) groups excluding carboxylic acids is 2. The summed E-state index contributed by atoms with van der Waals surface area (Å²) in [6.45, 7) is -0.400. The molecule has 0 amide bonds. The minimum atomic E-state index is -0.703. The first kappa shape index (κ1) is 19.3. The van der Waals surface area contributed by atoms with Crippen molar-refractivity contribution >= 4 is 44.8 Å². The second-order valence-electron chi connectivity index (χ2n) is 6.33. The number of benzene rings is 3. The van der Waals surface area contributed by atoms with E-state index in [1.165, 1.54) is 18.2 Å². The van der Waals surface area contributed by atoms with Gasteiger partial charge in [-0.2, -0.15) is 0 Å². The van der Waals surface area contributed by atoms with Crippen LogP contribution in [0.15, 0.2) is 72.8 Å². The Morgan fingerprint density at radius 2 is 1.62 bits per heavy atom. The molecule has 6 heteroatoms. The number of hydrogen-bond donors (Lipinski definition) is 0. The lowest BCUT2D eigenvalue weighted by molar-refractivity contribution is 0.0480. The van der Waals surface area contributed by atoms with Crippen molar-refractivity contribution in [2.75, 3.05) is 6.61 Å². The van der Waals surface area contributed by atoms with E-state index in [2.05, 4.69) is 0 Å². The van der Waals surface area contributed by atoms with Gasteiger partial charge in [-0.15, -0.1) is 11.3 Å². The maximum Gasteiger partial charge on any atom is 0.350 e. The van der Waals surface area contributed by atoms with Crippen LogP contribution in [0.3, 0.4) is 0 Å². The molecule has 0 atom stereocenters. The molecule has 0 fully saturated rings. The van der Waals surface area contributed by atoms with Gasteiger partial charge in [0.05, 0.1) is 5.02 Å². The van der Waals surface area contributed by atoms with Gasteiger partial charge in [0.25, 0.3) is 0 Å². The quantitative estimate of drug-likeness (QED) is 0.275. The topological polar surface area (TPSA) is 43.4 Å². The Labute approximate surface area is 175 Å². The van der Waals surface area contributed by atoms with E-state index in [0.29, 0.717) is 15.6 Å². The Morgan fingerprint density at radius 3 is 2.34 bits per heavy atom. The largest absolute Gasteiger partial charge is 0.453 e. The van der Waals surface area contributed by atoms with Crippen LogP contribution in [-0.2, 0) is 4.74 Å². The monoisotopic (exact) mass is 424 g/mol. The lowest BCUT2D eigenvalue weighted by Gasteiger charge is -2.05. The third-order valence-electron chi connectivity index (χ3n) is 4.43. The molecule has 3 aromatic carbocycles. The normalized spacial score (nSPS) is 10.8. The molecule has 1 aromatic heterocycles. The van der Waals surface area contributed by atoms with Gasteiger partial charge in [-0.3, -0.25) is 4.79 Å². The third kappa shape index (κ3) is 4.06. The predicted molar refractivity (Wildman–Crippen MR) is 113 cm³/mol. The Hall–Kier alpha value is -3.02. The number of hydrogen-bond acceptors (Lipinski definition) is 4. The molecule has 3 nitrogen and oxygen atoms in total. The second-order valence-corrected chi connectivity index (χ2v) is 7.76. The van der Waals surface area contributed by atoms with Crippen LogP contribution in [0.4, 0.5) is 4.39 Å². The van der Waals surface area contributed by atoms with E-state index in [4.69, 9.17) is 16.3 Å². The highest BCUT2D eigenvalue weighted by Gasteiger charge is 2.20. The van der Waals surface area contributed by atoms with Crippen LogP contribution in [-0.4, -0.2) is 18.4 Å². The smallest absolute Gasteiger partial charge is 0.350 e. The molecule has 29 heavy (non-hydrogen) atoms. The zero-order valence-corrected chi connectivity index (χ0v) is 16.6. The van der Waals surface area contributed by atoms with Crippen LogP contribution >= 0.6 is 22.9 Å². The highest BCUT2D eigenvalue weighted by molar-refractivity contribution is 7.21. The second kappa shape index (κ2) is 8.15. The molecule has 0 spiro atoms. The van der Waals surface area contributed by atoms with Crippen LogP contribution in [0.2, 0.25) is 5.02 Å². The summed E-state index contributed by atoms with van der Waals surface area (Å²) in [5, 5.41) is 0.780. The van der Waals surface area contributed by atoms with E-state index in [1.54, 1.807) is 12.1 Å². The van der Waals surface area contributed by atoms with Gasteiger partial charge in [0.1, 0.15) is 10.7 Å². The molecule has 0 aliphatic rings. The summed E-state index contributed by atoms with van der Waals surface area (Å²) in [6, 6.07) is 21.0. The van der Waals surface area contributed by atoms with E-state index in [-0.39, 0.29) is 15.7 Å². The van der Waals surface area contributed by atoms with Gasteiger partial charge in [-0.1, -0.05) is 66.2 Å². The molecule has 0 bridgehead atoms. The van der Waals surface area contributed by atoms with Crippen LogP contribution in [0.5, 0.6) is 0 Å². The molecule has 4 rings (SSSR count). The number of carbonyl (C=O) groups is 2. The molecule has 0 aliphatic heterocycles. The van der Waals surface area contributed by atoms with Crippen LogP contribution < -0.4 is 0 Å². The molecule has 0 unspecified atom stereocenters. The Morgan fingerprint density at radius 1 is 0.931 bits per heavy atom. The van der Waals surface area contributed by atoms with E-state index >= 15 is 0 Å². The standard InChI is InChI=1S/C23H14ClFO3S/c24-21-18-11-10-17(25)12-20(18)29-22(21)23(27)28-13-19(26)16-8-6-15(7-9-16)14-4-2-1-3-5-14/h1-12H,13H2. The fourth-order valence-electron chi connectivity index (χ4n) is 2.93. The first-order valence-corrected chi connectivity index (χ1v) is 9.96. The molecule has 4 aromatic rings. The fraction of sp³-hybridized carbons (Fsp3) is 0.0435. The summed E-state index contributed by atoms with van der Waals surface area (Å²) in [5.41, 5.74) is 2.49. The Bertz CT molecular complexity index is 1200. The predicted octanol–water partition coefficient (Wildman–Crippen LogP) is 6.40. The van der Waals surface area contributed by atoms with Crippen LogP contribution in [0.25, 0.3) is 21.2 Å². The highest BCUT2D eigenvalue weighted by Crippen LogP contribution is 2.36. The van der Waals surface area contributed by atoms with Crippen LogP contribution in [0, 0.1) is 5.82 Å². The molecule has 1 heterocycles. The number of halogens is 2. The van der Waals surface area contributed by atoms with Crippen molar-refractivity contribution in [1.82, 2.24) is 0 Å². The number of ketones is 1. The molecule has 0 saturated carbocycles.